The van der Waals surface area contributed by atoms with Crippen molar-refractivity contribution in [1.29, 1.82) is 0 Å². The van der Waals surface area contributed by atoms with Crippen LogP contribution in [0.1, 0.15) is 50.5 Å². The summed E-state index contributed by atoms with van der Waals surface area (Å²) in [4.78, 5) is 14.3. The van der Waals surface area contributed by atoms with Gasteiger partial charge in [0.05, 0.1) is 11.3 Å². The molecule has 21 heavy (non-hydrogen) atoms. The van der Waals surface area contributed by atoms with Crippen LogP contribution in [0.4, 0.5) is 0 Å². The molecule has 4 nitrogen and oxygen atoms in total. The number of ether oxygens (including phenoxy) is 1. The quantitative estimate of drug-likeness (QED) is 0.809. The van der Waals surface area contributed by atoms with Gasteiger partial charge in [0.25, 0.3) is 0 Å². The number of fused-ring (bicyclic) bond motifs is 1. The highest BCUT2D eigenvalue weighted by Crippen LogP contribution is 2.32. The van der Waals surface area contributed by atoms with E-state index in [4.69, 9.17) is 9.26 Å². The smallest absolute Gasteiger partial charge is 0.348 e. The number of rotatable bonds is 3. The van der Waals surface area contributed by atoms with Crippen LogP contribution in [0.25, 0.3) is 0 Å². The number of nitrogens with zero attached hydrogens (tertiary/aromatic N) is 1. The first kappa shape index (κ1) is 14.3. The van der Waals surface area contributed by atoms with Crippen LogP contribution in [0.2, 0.25) is 0 Å². The predicted molar refractivity (Wildman–Crippen MR) is 80.6 cm³/mol. The lowest BCUT2D eigenvalue weighted by atomic mass is 9.90. The molecule has 5 heteroatoms. The van der Waals surface area contributed by atoms with Crippen LogP contribution < -0.4 is 0 Å². The van der Waals surface area contributed by atoms with Gasteiger partial charge in [-0.15, -0.1) is 11.3 Å². The van der Waals surface area contributed by atoms with Crippen LogP contribution >= 0.6 is 11.3 Å². The summed E-state index contributed by atoms with van der Waals surface area (Å²) in [5, 5.41) is 3.86. The molecule has 112 valence electrons. The highest BCUT2D eigenvalue weighted by molar-refractivity contribution is 7.14. The first-order valence-corrected chi connectivity index (χ1v) is 8.06. The zero-order valence-electron chi connectivity index (χ0n) is 12.6. The van der Waals surface area contributed by atoms with E-state index < -0.39 is 0 Å². The van der Waals surface area contributed by atoms with Gasteiger partial charge in [-0.05, 0) is 50.7 Å². The zero-order valence-corrected chi connectivity index (χ0v) is 13.4. The number of aromatic nitrogens is 1. The molecule has 3 rings (SSSR count). The molecule has 2 heterocycles. The standard InChI is InChI=1S/C16H19NO3S/c1-9-4-5-14-12(6-9)7-15(21-14)16(18)19-8-13-10(2)17-20-11(13)3/h7,9H,4-6,8H2,1-3H3/t9-/m0/s1. The van der Waals surface area contributed by atoms with Crippen molar-refractivity contribution in [3.63, 3.8) is 0 Å². The Morgan fingerprint density at radius 1 is 1.52 bits per heavy atom. The molecule has 0 amide bonds. The summed E-state index contributed by atoms with van der Waals surface area (Å²) in [5.41, 5.74) is 2.96. The topological polar surface area (TPSA) is 52.3 Å². The Kier molecular flexibility index (Phi) is 3.85. The molecule has 0 saturated carbocycles. The van der Waals surface area contributed by atoms with Gasteiger partial charge in [-0.2, -0.15) is 0 Å². The fourth-order valence-electron chi connectivity index (χ4n) is 2.72. The van der Waals surface area contributed by atoms with E-state index in [1.54, 1.807) is 11.3 Å². The predicted octanol–water partition coefficient (Wildman–Crippen LogP) is 3.83. The van der Waals surface area contributed by atoms with E-state index in [1.807, 2.05) is 19.9 Å². The molecule has 0 N–H and O–H groups in total. The molecule has 0 radical (unpaired) electrons. The molecule has 1 aliphatic rings. The lowest BCUT2D eigenvalue weighted by Crippen LogP contribution is -2.08. The molecule has 1 atom stereocenters. The molecule has 1 aliphatic carbocycles. The summed E-state index contributed by atoms with van der Waals surface area (Å²) in [6.45, 7) is 6.16. The molecular formula is C16H19NO3S. The van der Waals surface area contributed by atoms with Crippen LogP contribution in [0.3, 0.4) is 0 Å². The van der Waals surface area contributed by atoms with Crippen molar-refractivity contribution in [3.05, 3.63) is 38.4 Å². The second-order valence-corrected chi connectivity index (χ2v) is 6.92. The first-order chi connectivity index (χ1) is 10.0. The van der Waals surface area contributed by atoms with Crippen molar-refractivity contribution in [3.8, 4) is 0 Å². The second kappa shape index (κ2) is 5.64. The van der Waals surface area contributed by atoms with Crippen molar-refractivity contribution < 1.29 is 14.1 Å². The maximum absolute atomic E-state index is 12.2. The number of hydrogen-bond acceptors (Lipinski definition) is 5. The molecule has 0 spiro atoms. The summed E-state index contributed by atoms with van der Waals surface area (Å²) in [5.74, 6) is 1.17. The molecular weight excluding hydrogens is 286 g/mol. The summed E-state index contributed by atoms with van der Waals surface area (Å²) >= 11 is 1.58. The SMILES string of the molecule is Cc1noc(C)c1COC(=O)c1cc2c(s1)CC[C@H](C)C2. The third-order valence-corrected chi connectivity index (χ3v) is 5.28. The molecule has 2 aromatic heterocycles. The maximum Gasteiger partial charge on any atom is 0.348 e. The average molecular weight is 305 g/mol. The van der Waals surface area contributed by atoms with E-state index in [0.29, 0.717) is 16.6 Å². The molecule has 0 fully saturated rings. The lowest BCUT2D eigenvalue weighted by molar-refractivity contribution is 0.0476. The van der Waals surface area contributed by atoms with Gasteiger partial charge < -0.3 is 9.26 Å². The normalized spacial score (nSPS) is 17.6. The van der Waals surface area contributed by atoms with Gasteiger partial charge in [0, 0.05) is 4.88 Å². The van der Waals surface area contributed by atoms with Crippen molar-refractivity contribution in [2.75, 3.05) is 0 Å². The Morgan fingerprint density at radius 2 is 2.33 bits per heavy atom. The Morgan fingerprint density at radius 3 is 3.05 bits per heavy atom. The minimum absolute atomic E-state index is 0.221. The minimum Gasteiger partial charge on any atom is -0.456 e. The fraction of sp³-hybridized carbons (Fsp3) is 0.500. The number of carbonyl (C=O) groups is 1. The van der Waals surface area contributed by atoms with Crippen LogP contribution in [0.5, 0.6) is 0 Å². The van der Waals surface area contributed by atoms with E-state index in [-0.39, 0.29) is 12.6 Å². The van der Waals surface area contributed by atoms with Crippen LogP contribution in [-0.4, -0.2) is 11.1 Å². The number of aryl methyl sites for hydroxylation is 3. The van der Waals surface area contributed by atoms with Crippen molar-refractivity contribution in [1.82, 2.24) is 5.16 Å². The van der Waals surface area contributed by atoms with E-state index >= 15 is 0 Å². The van der Waals surface area contributed by atoms with E-state index in [2.05, 4.69) is 12.1 Å². The third-order valence-electron chi connectivity index (χ3n) is 4.06. The van der Waals surface area contributed by atoms with Gasteiger partial charge in [-0.3, -0.25) is 0 Å². The summed E-state index contributed by atoms with van der Waals surface area (Å²) in [6.07, 6.45) is 3.36. The Hall–Kier alpha value is -1.62. The summed E-state index contributed by atoms with van der Waals surface area (Å²) in [6, 6.07) is 2.01. The van der Waals surface area contributed by atoms with E-state index in [1.165, 1.54) is 16.9 Å². The van der Waals surface area contributed by atoms with Gasteiger partial charge >= 0.3 is 5.97 Å². The van der Waals surface area contributed by atoms with Crippen LogP contribution in [0.15, 0.2) is 10.6 Å². The van der Waals surface area contributed by atoms with Crippen molar-refractivity contribution >= 4 is 17.3 Å². The number of thiophene rings is 1. The van der Waals surface area contributed by atoms with Gasteiger partial charge in [0.15, 0.2) is 0 Å². The molecule has 0 saturated heterocycles. The molecule has 2 aromatic rings. The number of hydrogen-bond donors (Lipinski definition) is 0. The first-order valence-electron chi connectivity index (χ1n) is 7.25. The van der Waals surface area contributed by atoms with Gasteiger partial charge in [0.1, 0.15) is 17.2 Å². The van der Waals surface area contributed by atoms with Crippen molar-refractivity contribution in [2.45, 2.75) is 46.6 Å². The maximum atomic E-state index is 12.2. The van der Waals surface area contributed by atoms with Gasteiger partial charge in [0.2, 0.25) is 0 Å². The highest BCUT2D eigenvalue weighted by Gasteiger charge is 2.22. The van der Waals surface area contributed by atoms with Crippen LogP contribution in [0, 0.1) is 19.8 Å². The Balaban J connectivity index is 1.69. The fourth-order valence-corrected chi connectivity index (χ4v) is 3.83. The third kappa shape index (κ3) is 2.88. The number of esters is 1. The zero-order chi connectivity index (χ0) is 15.0. The van der Waals surface area contributed by atoms with Crippen molar-refractivity contribution in [2.24, 2.45) is 5.92 Å². The average Bonchev–Trinajstić information content (AvgIpc) is 3.00. The van der Waals surface area contributed by atoms with Crippen LogP contribution in [-0.2, 0) is 24.2 Å². The summed E-state index contributed by atoms with van der Waals surface area (Å²) < 4.78 is 10.5. The molecule has 0 bridgehead atoms. The van der Waals surface area contributed by atoms with E-state index in [9.17, 15) is 4.79 Å². The molecule has 0 unspecified atom stereocenters. The Bertz CT molecular complexity index is 652. The van der Waals surface area contributed by atoms with Gasteiger partial charge in [-0.25, -0.2) is 4.79 Å². The summed E-state index contributed by atoms with van der Waals surface area (Å²) in [7, 11) is 0. The molecule has 0 aliphatic heterocycles. The van der Waals surface area contributed by atoms with E-state index in [0.717, 1.165) is 24.1 Å². The minimum atomic E-state index is -0.248. The Labute approximate surface area is 128 Å². The second-order valence-electron chi connectivity index (χ2n) is 5.79. The highest BCUT2D eigenvalue weighted by atomic mass is 32.1. The number of carbonyl (C=O) groups excluding carboxylic acids is 1. The lowest BCUT2D eigenvalue weighted by Gasteiger charge is -2.16. The van der Waals surface area contributed by atoms with Gasteiger partial charge in [-0.1, -0.05) is 12.1 Å². The largest absolute Gasteiger partial charge is 0.456 e. The monoisotopic (exact) mass is 305 g/mol. The molecule has 0 aromatic carbocycles.